The van der Waals surface area contributed by atoms with Crippen LogP contribution >= 0.6 is 0 Å². The maximum Gasteiger partial charge on any atom is 0.330 e. The van der Waals surface area contributed by atoms with Gasteiger partial charge in [-0.25, -0.2) is 4.79 Å². The van der Waals surface area contributed by atoms with Gasteiger partial charge in [-0.2, -0.15) is 0 Å². The van der Waals surface area contributed by atoms with Gasteiger partial charge in [0.25, 0.3) is 11.5 Å². The fourth-order valence-corrected chi connectivity index (χ4v) is 2.08. The van der Waals surface area contributed by atoms with E-state index >= 15 is 0 Å². The maximum absolute atomic E-state index is 11.8. The van der Waals surface area contributed by atoms with Gasteiger partial charge in [-0.3, -0.25) is 19.1 Å². The highest BCUT2D eigenvalue weighted by atomic mass is 16.6. The molecule has 1 aliphatic rings. The molecule has 0 bridgehead atoms. The van der Waals surface area contributed by atoms with Crippen LogP contribution in [0, 0.1) is 0 Å². The molecule has 116 valence electrons. The summed E-state index contributed by atoms with van der Waals surface area (Å²) in [5.41, 5.74) is -2.15. The fourth-order valence-electron chi connectivity index (χ4n) is 2.08. The number of aromatic nitrogens is 2. The summed E-state index contributed by atoms with van der Waals surface area (Å²) in [6.45, 7) is -0.560. The van der Waals surface area contributed by atoms with E-state index in [2.05, 4.69) is 5.32 Å². The van der Waals surface area contributed by atoms with E-state index in [0.29, 0.717) is 0 Å². The molecule has 0 unspecified atom stereocenters. The smallest absolute Gasteiger partial charge is 0.330 e. The topological polar surface area (TPSA) is 154 Å². The summed E-state index contributed by atoms with van der Waals surface area (Å²) >= 11 is 0. The number of nitrogens with one attached hydrogen (secondary N) is 2. The first-order chi connectivity index (χ1) is 9.90. The van der Waals surface area contributed by atoms with E-state index in [1.807, 2.05) is 4.98 Å². The fraction of sp³-hybridized carbons (Fsp3) is 0.545. The standard InChI is InChI=1S/C11H15N3O7/c1-12-8(18)4-2-14(11(20)13-9(4)19)10-7(17)6(16)5(3-15)21-10/h2,5-7,10,15-17H,3H2,1H3,(H,12,18)(H,13,19,20)/t5-,6-,7-,10-/m1/s1. The lowest BCUT2D eigenvalue weighted by atomic mass is 10.1. The van der Waals surface area contributed by atoms with Crippen LogP contribution in [0.4, 0.5) is 0 Å². The highest BCUT2D eigenvalue weighted by Gasteiger charge is 2.43. The number of aliphatic hydroxyl groups excluding tert-OH is 3. The number of hydrogen-bond donors (Lipinski definition) is 5. The van der Waals surface area contributed by atoms with Gasteiger partial charge in [-0.05, 0) is 0 Å². The number of aromatic amines is 1. The zero-order valence-corrected chi connectivity index (χ0v) is 11.0. The number of carbonyl (C=O) groups is 1. The van der Waals surface area contributed by atoms with Crippen molar-refractivity contribution >= 4 is 5.91 Å². The van der Waals surface area contributed by atoms with Gasteiger partial charge in [0, 0.05) is 13.2 Å². The number of carbonyl (C=O) groups excluding carboxylic acids is 1. The molecular formula is C11H15N3O7. The van der Waals surface area contributed by atoms with E-state index in [-0.39, 0.29) is 5.56 Å². The zero-order chi connectivity index (χ0) is 15.7. The average Bonchev–Trinajstić information content (AvgIpc) is 2.74. The molecule has 4 atom stereocenters. The normalized spacial score (nSPS) is 28.6. The molecule has 1 aromatic rings. The second-order valence-electron chi connectivity index (χ2n) is 4.52. The Kier molecular flexibility index (Phi) is 4.23. The molecule has 21 heavy (non-hydrogen) atoms. The Morgan fingerprint density at radius 1 is 1.43 bits per heavy atom. The quantitative estimate of drug-likeness (QED) is 0.388. The van der Waals surface area contributed by atoms with Gasteiger partial charge in [0.1, 0.15) is 23.9 Å². The van der Waals surface area contributed by atoms with Crippen molar-refractivity contribution in [3.8, 4) is 0 Å². The van der Waals surface area contributed by atoms with E-state index < -0.39 is 48.3 Å². The number of aliphatic hydroxyl groups is 3. The summed E-state index contributed by atoms with van der Waals surface area (Å²) in [7, 11) is 1.31. The van der Waals surface area contributed by atoms with Crippen LogP contribution in [0.1, 0.15) is 16.6 Å². The van der Waals surface area contributed by atoms with E-state index in [1.165, 1.54) is 7.05 Å². The van der Waals surface area contributed by atoms with Crippen LogP contribution < -0.4 is 16.6 Å². The van der Waals surface area contributed by atoms with E-state index in [4.69, 9.17) is 9.84 Å². The van der Waals surface area contributed by atoms with Gasteiger partial charge >= 0.3 is 5.69 Å². The number of hydrogen-bond acceptors (Lipinski definition) is 7. The number of H-pyrrole nitrogens is 1. The van der Waals surface area contributed by atoms with Crippen LogP contribution in [0.25, 0.3) is 0 Å². The molecule has 10 heteroatoms. The number of rotatable bonds is 3. The first-order valence-corrected chi connectivity index (χ1v) is 6.10. The lowest BCUT2D eigenvalue weighted by Gasteiger charge is -2.17. The van der Waals surface area contributed by atoms with Crippen molar-refractivity contribution < 1.29 is 24.9 Å². The lowest BCUT2D eigenvalue weighted by molar-refractivity contribution is -0.0551. The highest BCUT2D eigenvalue weighted by Crippen LogP contribution is 2.27. The predicted molar refractivity (Wildman–Crippen MR) is 67.7 cm³/mol. The molecule has 10 nitrogen and oxygen atoms in total. The van der Waals surface area contributed by atoms with Crippen LogP contribution in [0.15, 0.2) is 15.8 Å². The molecule has 0 aromatic carbocycles. The SMILES string of the molecule is CNC(=O)c1cn([C@@H]2O[C@H](CO)[C@@H](O)[C@H]2O)c(=O)[nH]c1=O. The molecule has 0 aliphatic carbocycles. The van der Waals surface area contributed by atoms with E-state index in [0.717, 1.165) is 10.8 Å². The predicted octanol–water partition coefficient (Wildman–Crippen LogP) is -3.49. The third-order valence-electron chi connectivity index (χ3n) is 3.23. The van der Waals surface area contributed by atoms with Crippen molar-refractivity contribution in [3.63, 3.8) is 0 Å². The highest BCUT2D eigenvalue weighted by molar-refractivity contribution is 5.93. The van der Waals surface area contributed by atoms with E-state index in [9.17, 15) is 24.6 Å². The van der Waals surface area contributed by atoms with Gasteiger partial charge in [0.05, 0.1) is 6.61 Å². The molecule has 0 spiro atoms. The number of amides is 1. The second-order valence-corrected chi connectivity index (χ2v) is 4.52. The first kappa shape index (κ1) is 15.4. The Hall–Kier alpha value is -2.01. The van der Waals surface area contributed by atoms with Crippen LogP contribution in [0.5, 0.6) is 0 Å². The summed E-state index contributed by atoms with van der Waals surface area (Å²) in [5.74, 6) is -0.725. The molecule has 0 saturated carbocycles. The van der Waals surface area contributed by atoms with Crippen LogP contribution in [-0.2, 0) is 4.74 Å². The summed E-state index contributed by atoms with van der Waals surface area (Å²) < 4.78 is 5.96. The van der Waals surface area contributed by atoms with Crippen molar-refractivity contribution in [2.45, 2.75) is 24.5 Å². The summed E-state index contributed by atoms with van der Waals surface area (Å²) in [5, 5.41) is 30.8. The second kappa shape index (κ2) is 5.77. The Morgan fingerprint density at radius 3 is 2.62 bits per heavy atom. The van der Waals surface area contributed by atoms with Crippen LogP contribution in [0.2, 0.25) is 0 Å². The van der Waals surface area contributed by atoms with E-state index in [1.54, 1.807) is 0 Å². The van der Waals surface area contributed by atoms with Gasteiger partial charge in [-0.15, -0.1) is 0 Å². The number of ether oxygens (including phenoxy) is 1. The summed E-state index contributed by atoms with van der Waals surface area (Å²) in [6, 6.07) is 0. The molecular weight excluding hydrogens is 286 g/mol. The van der Waals surface area contributed by atoms with Gasteiger partial charge in [0.2, 0.25) is 0 Å². The van der Waals surface area contributed by atoms with Crippen LogP contribution in [-0.4, -0.2) is 62.7 Å². The monoisotopic (exact) mass is 301 g/mol. The Bertz CT molecular complexity index is 652. The van der Waals surface area contributed by atoms with Gasteiger partial charge < -0.3 is 25.4 Å². The van der Waals surface area contributed by atoms with Gasteiger partial charge in [0.15, 0.2) is 6.23 Å². The molecule has 0 radical (unpaired) electrons. The minimum atomic E-state index is -1.50. The molecule has 1 fully saturated rings. The van der Waals surface area contributed by atoms with Crippen molar-refractivity contribution in [3.05, 3.63) is 32.6 Å². The Labute approximate surface area is 117 Å². The average molecular weight is 301 g/mol. The van der Waals surface area contributed by atoms with Crippen molar-refractivity contribution in [1.82, 2.24) is 14.9 Å². The largest absolute Gasteiger partial charge is 0.394 e. The van der Waals surface area contributed by atoms with Crippen molar-refractivity contribution in [2.24, 2.45) is 0 Å². The lowest BCUT2D eigenvalue weighted by Crippen LogP contribution is -2.40. The van der Waals surface area contributed by atoms with Crippen molar-refractivity contribution in [1.29, 1.82) is 0 Å². The Morgan fingerprint density at radius 2 is 2.10 bits per heavy atom. The molecule has 1 aliphatic heterocycles. The molecule has 2 heterocycles. The molecule has 2 rings (SSSR count). The number of nitrogens with zero attached hydrogens (tertiary/aromatic N) is 1. The zero-order valence-electron chi connectivity index (χ0n) is 11.0. The third kappa shape index (κ3) is 2.61. The first-order valence-electron chi connectivity index (χ1n) is 6.10. The van der Waals surface area contributed by atoms with Gasteiger partial charge in [-0.1, -0.05) is 0 Å². The summed E-state index contributed by atoms with van der Waals surface area (Å²) in [4.78, 5) is 36.8. The molecule has 1 saturated heterocycles. The molecule has 5 N–H and O–H groups in total. The Balaban J connectivity index is 2.47. The third-order valence-corrected chi connectivity index (χ3v) is 3.23. The molecule has 1 aromatic heterocycles. The molecule has 1 amide bonds. The minimum Gasteiger partial charge on any atom is -0.394 e. The van der Waals surface area contributed by atoms with Crippen molar-refractivity contribution in [2.75, 3.05) is 13.7 Å². The summed E-state index contributed by atoms with van der Waals surface area (Å²) in [6.07, 6.45) is -4.37. The minimum absolute atomic E-state index is 0.352. The maximum atomic E-state index is 11.8. The van der Waals surface area contributed by atoms with Crippen LogP contribution in [0.3, 0.4) is 0 Å².